The zero-order chi connectivity index (χ0) is 13.2. The maximum Gasteiger partial charge on any atom is 0.0309 e. The van der Waals surface area contributed by atoms with E-state index in [1.165, 1.54) is 44.5 Å². The van der Waals surface area contributed by atoms with Gasteiger partial charge in [0.2, 0.25) is 0 Å². The average molecular weight is 270 g/mol. The Hall–Kier alpha value is 0.270. The van der Waals surface area contributed by atoms with E-state index in [1.54, 1.807) is 0 Å². The van der Waals surface area contributed by atoms with Gasteiger partial charge in [-0.1, -0.05) is 26.7 Å². The van der Waals surface area contributed by atoms with Crippen LogP contribution in [0.2, 0.25) is 0 Å². The van der Waals surface area contributed by atoms with E-state index in [1.807, 2.05) is 11.8 Å². The Morgan fingerprint density at radius 3 is 2.50 bits per heavy atom. The molecule has 0 aromatic carbocycles. The van der Waals surface area contributed by atoms with Gasteiger partial charge in [-0.2, -0.15) is 11.8 Å². The Kier molecular flexibility index (Phi) is 5.01. The van der Waals surface area contributed by atoms with Crippen LogP contribution in [0.5, 0.6) is 0 Å². The van der Waals surface area contributed by atoms with Crippen LogP contribution in [-0.2, 0) is 0 Å². The lowest BCUT2D eigenvalue weighted by atomic mass is 9.88. The van der Waals surface area contributed by atoms with Crippen LogP contribution in [0.1, 0.15) is 46.5 Å². The number of thioether (sulfide) groups is 1. The summed E-state index contributed by atoms with van der Waals surface area (Å²) in [4.78, 5) is 2.81. The summed E-state index contributed by atoms with van der Waals surface area (Å²) in [6.07, 6.45) is 7.85. The molecule has 1 heterocycles. The molecule has 0 bridgehead atoms. The van der Waals surface area contributed by atoms with Gasteiger partial charge in [-0.3, -0.25) is 4.90 Å². The molecule has 0 aromatic rings. The van der Waals surface area contributed by atoms with Crippen LogP contribution >= 0.6 is 11.8 Å². The van der Waals surface area contributed by atoms with Crippen molar-refractivity contribution < 1.29 is 0 Å². The molecule has 2 unspecified atom stereocenters. The predicted molar refractivity (Wildman–Crippen MR) is 82.4 cm³/mol. The second-order valence-corrected chi connectivity index (χ2v) is 7.57. The summed E-state index contributed by atoms with van der Waals surface area (Å²) in [5.74, 6) is 2.01. The smallest absolute Gasteiger partial charge is 0.0309 e. The topological polar surface area (TPSA) is 15.3 Å². The Morgan fingerprint density at radius 1 is 1.28 bits per heavy atom. The van der Waals surface area contributed by atoms with Gasteiger partial charge >= 0.3 is 0 Å². The van der Waals surface area contributed by atoms with E-state index in [4.69, 9.17) is 0 Å². The summed E-state index contributed by atoms with van der Waals surface area (Å²) >= 11 is 1.99. The van der Waals surface area contributed by atoms with Crippen LogP contribution < -0.4 is 5.32 Å². The molecule has 3 heteroatoms. The summed E-state index contributed by atoms with van der Waals surface area (Å²) in [6, 6.07) is 1.44. The summed E-state index contributed by atoms with van der Waals surface area (Å²) in [5, 5.41) is 3.90. The second kappa shape index (κ2) is 6.15. The van der Waals surface area contributed by atoms with E-state index in [0.29, 0.717) is 11.6 Å². The van der Waals surface area contributed by atoms with Gasteiger partial charge in [0.05, 0.1) is 0 Å². The molecule has 1 aliphatic heterocycles. The second-order valence-electron chi connectivity index (χ2n) is 6.66. The number of rotatable bonds is 4. The van der Waals surface area contributed by atoms with Crippen molar-refractivity contribution in [1.82, 2.24) is 10.2 Å². The summed E-state index contributed by atoms with van der Waals surface area (Å²) in [5.41, 5.74) is 0.456. The first-order valence-corrected chi connectivity index (χ1v) is 8.97. The van der Waals surface area contributed by atoms with Gasteiger partial charge in [0.25, 0.3) is 0 Å². The maximum atomic E-state index is 3.90. The van der Waals surface area contributed by atoms with Gasteiger partial charge in [-0.05, 0) is 31.9 Å². The minimum atomic E-state index is 0.456. The minimum absolute atomic E-state index is 0.456. The molecular weight excluding hydrogens is 240 g/mol. The molecule has 0 amide bonds. The molecule has 1 spiro atoms. The average Bonchev–Trinajstić information content (AvgIpc) is 2.77. The zero-order valence-corrected chi connectivity index (χ0v) is 13.4. The van der Waals surface area contributed by atoms with Gasteiger partial charge in [-0.25, -0.2) is 0 Å². The molecular formula is C15H30N2S. The summed E-state index contributed by atoms with van der Waals surface area (Å²) in [7, 11) is 0. The third-order valence-corrected chi connectivity index (χ3v) is 5.72. The van der Waals surface area contributed by atoms with Crippen molar-refractivity contribution >= 4 is 11.8 Å². The lowest BCUT2D eigenvalue weighted by molar-refractivity contribution is 0.0345. The molecule has 2 rings (SSSR count). The van der Waals surface area contributed by atoms with Crippen molar-refractivity contribution in [3.05, 3.63) is 0 Å². The van der Waals surface area contributed by atoms with Crippen LogP contribution in [0.15, 0.2) is 0 Å². The molecule has 1 N–H and O–H groups in total. The molecule has 2 fully saturated rings. The third kappa shape index (κ3) is 3.05. The van der Waals surface area contributed by atoms with Gasteiger partial charge in [0.15, 0.2) is 0 Å². The number of piperazine rings is 1. The molecule has 18 heavy (non-hydrogen) atoms. The summed E-state index contributed by atoms with van der Waals surface area (Å²) < 4.78 is 0. The quantitative estimate of drug-likeness (QED) is 0.845. The number of nitrogens with one attached hydrogen (secondary N) is 1. The zero-order valence-electron chi connectivity index (χ0n) is 12.5. The van der Waals surface area contributed by atoms with E-state index in [0.717, 1.165) is 12.0 Å². The Balaban J connectivity index is 2.07. The van der Waals surface area contributed by atoms with E-state index < -0.39 is 0 Å². The van der Waals surface area contributed by atoms with Crippen molar-refractivity contribution in [2.24, 2.45) is 5.92 Å². The fourth-order valence-electron chi connectivity index (χ4n) is 3.79. The van der Waals surface area contributed by atoms with E-state index >= 15 is 0 Å². The molecule has 106 valence electrons. The molecule has 0 aromatic heterocycles. The van der Waals surface area contributed by atoms with Crippen LogP contribution in [-0.4, -0.2) is 47.6 Å². The fraction of sp³-hybridized carbons (Fsp3) is 1.00. The van der Waals surface area contributed by atoms with Crippen molar-refractivity contribution in [3.63, 3.8) is 0 Å². The van der Waals surface area contributed by atoms with E-state index in [9.17, 15) is 0 Å². The Morgan fingerprint density at radius 2 is 1.94 bits per heavy atom. The van der Waals surface area contributed by atoms with Crippen LogP contribution in [0.3, 0.4) is 0 Å². The number of hydrogen-bond donors (Lipinski definition) is 1. The third-order valence-electron chi connectivity index (χ3n) is 4.90. The Labute approximate surface area is 117 Å². The predicted octanol–water partition coefficient (Wildman–Crippen LogP) is 2.98. The molecule has 1 saturated carbocycles. The highest BCUT2D eigenvalue weighted by Crippen LogP contribution is 2.35. The first-order chi connectivity index (χ1) is 8.58. The highest BCUT2D eigenvalue weighted by atomic mass is 32.2. The van der Waals surface area contributed by atoms with Gasteiger partial charge in [0, 0.05) is 36.5 Å². The minimum Gasteiger partial charge on any atom is -0.308 e. The largest absolute Gasteiger partial charge is 0.308 e. The molecule has 2 nitrogen and oxygen atoms in total. The molecule has 0 radical (unpaired) electrons. The van der Waals surface area contributed by atoms with Crippen molar-refractivity contribution in [1.29, 1.82) is 0 Å². The van der Waals surface area contributed by atoms with Crippen LogP contribution in [0, 0.1) is 5.92 Å². The lowest BCUT2D eigenvalue weighted by Gasteiger charge is -2.50. The molecule has 2 atom stereocenters. The van der Waals surface area contributed by atoms with Crippen LogP contribution in [0.25, 0.3) is 0 Å². The van der Waals surface area contributed by atoms with Gasteiger partial charge in [0.1, 0.15) is 0 Å². The standard InChI is InChI=1S/C15H30N2S/c1-12(2)14-9-16-15(7-5-6-8-15)11-17(14)13(3)10-18-4/h12-14,16H,5-11H2,1-4H3. The molecule has 1 saturated heterocycles. The monoisotopic (exact) mass is 270 g/mol. The first kappa shape index (κ1) is 14.7. The molecule has 2 aliphatic rings. The molecule has 1 aliphatic carbocycles. The van der Waals surface area contributed by atoms with E-state index in [-0.39, 0.29) is 0 Å². The van der Waals surface area contributed by atoms with Crippen molar-refractivity contribution in [2.75, 3.05) is 25.1 Å². The normalized spacial score (nSPS) is 30.2. The Bertz CT molecular complexity index is 261. The SMILES string of the molecule is CSCC(C)N1CC2(CCCC2)NCC1C(C)C. The highest BCUT2D eigenvalue weighted by Gasteiger charge is 2.42. The highest BCUT2D eigenvalue weighted by molar-refractivity contribution is 7.98. The number of nitrogens with zero attached hydrogens (tertiary/aromatic N) is 1. The first-order valence-electron chi connectivity index (χ1n) is 7.58. The van der Waals surface area contributed by atoms with Gasteiger partial charge in [-0.15, -0.1) is 0 Å². The summed E-state index contributed by atoms with van der Waals surface area (Å²) in [6.45, 7) is 9.63. The van der Waals surface area contributed by atoms with Crippen LogP contribution in [0.4, 0.5) is 0 Å². The van der Waals surface area contributed by atoms with Gasteiger partial charge < -0.3 is 5.32 Å². The maximum absolute atomic E-state index is 3.90. The van der Waals surface area contributed by atoms with E-state index in [2.05, 4.69) is 37.2 Å². The van der Waals surface area contributed by atoms with Crippen molar-refractivity contribution in [2.45, 2.75) is 64.1 Å². The lowest BCUT2D eigenvalue weighted by Crippen LogP contribution is -2.66. The fourth-order valence-corrected chi connectivity index (χ4v) is 4.46. The van der Waals surface area contributed by atoms with Crippen molar-refractivity contribution in [3.8, 4) is 0 Å². The number of hydrogen-bond acceptors (Lipinski definition) is 3.